The fraction of sp³-hybridized carbons (Fsp3) is 0.583. The summed E-state index contributed by atoms with van der Waals surface area (Å²) in [5, 5.41) is 2.39. The van der Waals surface area contributed by atoms with Gasteiger partial charge in [-0.25, -0.2) is 9.78 Å². The average molecular weight is 270 g/mol. The number of rotatable bonds is 5. The Morgan fingerprint density at radius 1 is 1.50 bits per heavy atom. The summed E-state index contributed by atoms with van der Waals surface area (Å²) in [6.45, 7) is 6.19. The van der Waals surface area contributed by atoms with E-state index in [0.29, 0.717) is 18.7 Å². The molecule has 0 fully saturated rings. The van der Waals surface area contributed by atoms with Gasteiger partial charge in [-0.3, -0.25) is 4.79 Å². The van der Waals surface area contributed by atoms with Gasteiger partial charge in [-0.1, -0.05) is 6.92 Å². The summed E-state index contributed by atoms with van der Waals surface area (Å²) in [7, 11) is 1.32. The number of nitrogens with zero attached hydrogens (tertiary/aromatic N) is 2. The molecule has 0 bridgehead atoms. The molecule has 0 aliphatic rings. The molecule has 100 valence electrons. The van der Waals surface area contributed by atoms with Crippen molar-refractivity contribution in [3.05, 3.63) is 16.1 Å². The molecule has 1 aromatic rings. The van der Waals surface area contributed by atoms with E-state index in [1.54, 1.807) is 10.3 Å². The van der Waals surface area contributed by atoms with Crippen LogP contribution in [0, 0.1) is 0 Å². The molecule has 1 amide bonds. The Morgan fingerprint density at radius 2 is 2.17 bits per heavy atom. The third-order valence-electron chi connectivity index (χ3n) is 2.50. The SMILES string of the molecule is CCC(=O)N(Cc1nc(C(=O)OC)cs1)C(C)C. The van der Waals surface area contributed by atoms with Crippen LogP contribution in [0.25, 0.3) is 0 Å². The third-order valence-corrected chi connectivity index (χ3v) is 3.33. The van der Waals surface area contributed by atoms with Crippen molar-refractivity contribution in [1.29, 1.82) is 0 Å². The lowest BCUT2D eigenvalue weighted by Gasteiger charge is -2.25. The second-order valence-corrected chi connectivity index (χ2v) is 5.03. The minimum absolute atomic E-state index is 0.0832. The van der Waals surface area contributed by atoms with Gasteiger partial charge in [0.05, 0.1) is 13.7 Å². The summed E-state index contributed by atoms with van der Waals surface area (Å²) in [6, 6.07) is 0.114. The van der Waals surface area contributed by atoms with Gasteiger partial charge in [-0.2, -0.15) is 0 Å². The third kappa shape index (κ3) is 3.53. The highest BCUT2D eigenvalue weighted by molar-refractivity contribution is 7.09. The maximum Gasteiger partial charge on any atom is 0.357 e. The molecule has 0 spiro atoms. The minimum Gasteiger partial charge on any atom is -0.464 e. The lowest BCUT2D eigenvalue weighted by atomic mass is 10.3. The quantitative estimate of drug-likeness (QED) is 0.769. The van der Waals surface area contributed by atoms with Crippen molar-refractivity contribution in [3.63, 3.8) is 0 Å². The Labute approximate surface area is 111 Å². The Balaban J connectivity index is 2.79. The van der Waals surface area contributed by atoms with Crippen molar-refractivity contribution in [3.8, 4) is 0 Å². The number of thiazole rings is 1. The van der Waals surface area contributed by atoms with E-state index < -0.39 is 5.97 Å². The van der Waals surface area contributed by atoms with Crippen molar-refractivity contribution >= 4 is 23.2 Å². The van der Waals surface area contributed by atoms with Crippen LogP contribution in [0.4, 0.5) is 0 Å². The van der Waals surface area contributed by atoms with Gasteiger partial charge >= 0.3 is 5.97 Å². The molecule has 6 heteroatoms. The van der Waals surface area contributed by atoms with Crippen LogP contribution in [0.15, 0.2) is 5.38 Å². The first-order valence-corrected chi connectivity index (χ1v) is 6.69. The molecule has 0 saturated carbocycles. The molecule has 5 nitrogen and oxygen atoms in total. The maximum atomic E-state index is 11.8. The Bertz CT molecular complexity index is 429. The number of aromatic nitrogens is 1. The lowest BCUT2D eigenvalue weighted by Crippen LogP contribution is -2.35. The molecule has 0 N–H and O–H groups in total. The number of hydrogen-bond acceptors (Lipinski definition) is 5. The predicted octanol–water partition coefficient (Wildman–Crippen LogP) is 2.08. The van der Waals surface area contributed by atoms with Crippen LogP contribution < -0.4 is 0 Å². The molecule has 18 heavy (non-hydrogen) atoms. The lowest BCUT2D eigenvalue weighted by molar-refractivity contribution is -0.133. The van der Waals surface area contributed by atoms with Crippen molar-refractivity contribution < 1.29 is 14.3 Å². The molecule has 1 heterocycles. The maximum absolute atomic E-state index is 11.8. The normalized spacial score (nSPS) is 10.5. The number of hydrogen-bond donors (Lipinski definition) is 0. The number of ether oxygens (including phenoxy) is 1. The highest BCUT2D eigenvalue weighted by Gasteiger charge is 2.18. The van der Waals surface area contributed by atoms with Gasteiger partial charge in [0.1, 0.15) is 5.01 Å². The van der Waals surface area contributed by atoms with Gasteiger partial charge in [-0.05, 0) is 13.8 Å². The topological polar surface area (TPSA) is 59.5 Å². The van der Waals surface area contributed by atoms with Crippen molar-refractivity contribution in [2.45, 2.75) is 39.8 Å². The highest BCUT2D eigenvalue weighted by atomic mass is 32.1. The van der Waals surface area contributed by atoms with Crippen LogP contribution in [-0.2, 0) is 16.1 Å². The van der Waals surface area contributed by atoms with E-state index >= 15 is 0 Å². The van der Waals surface area contributed by atoms with Crippen LogP contribution in [0.2, 0.25) is 0 Å². The van der Waals surface area contributed by atoms with E-state index in [0.717, 1.165) is 5.01 Å². The number of methoxy groups -OCH3 is 1. The van der Waals surface area contributed by atoms with Crippen LogP contribution in [0.1, 0.15) is 42.7 Å². The van der Waals surface area contributed by atoms with Gasteiger partial charge < -0.3 is 9.64 Å². The summed E-state index contributed by atoms with van der Waals surface area (Å²) in [6.07, 6.45) is 0.466. The zero-order chi connectivity index (χ0) is 13.7. The van der Waals surface area contributed by atoms with Gasteiger partial charge in [-0.15, -0.1) is 11.3 Å². The molecule has 0 aromatic carbocycles. The summed E-state index contributed by atoms with van der Waals surface area (Å²) < 4.78 is 4.60. The Hall–Kier alpha value is -1.43. The predicted molar refractivity (Wildman–Crippen MR) is 69.4 cm³/mol. The van der Waals surface area contributed by atoms with Gasteiger partial charge in [0.25, 0.3) is 0 Å². The van der Waals surface area contributed by atoms with E-state index in [1.807, 2.05) is 20.8 Å². The molecule has 0 atom stereocenters. The van der Waals surface area contributed by atoms with E-state index in [1.165, 1.54) is 18.4 Å². The molecule has 0 saturated heterocycles. The monoisotopic (exact) mass is 270 g/mol. The largest absolute Gasteiger partial charge is 0.464 e. The smallest absolute Gasteiger partial charge is 0.357 e. The van der Waals surface area contributed by atoms with E-state index in [9.17, 15) is 9.59 Å². The van der Waals surface area contributed by atoms with Crippen LogP contribution in [0.5, 0.6) is 0 Å². The minimum atomic E-state index is -0.449. The van der Waals surface area contributed by atoms with Crippen molar-refractivity contribution in [1.82, 2.24) is 9.88 Å². The number of esters is 1. The van der Waals surface area contributed by atoms with Gasteiger partial charge in [0.2, 0.25) is 5.91 Å². The average Bonchev–Trinajstić information content (AvgIpc) is 2.82. The van der Waals surface area contributed by atoms with E-state index in [4.69, 9.17) is 0 Å². The zero-order valence-electron chi connectivity index (χ0n) is 11.1. The molecule has 1 aromatic heterocycles. The highest BCUT2D eigenvalue weighted by Crippen LogP contribution is 2.15. The van der Waals surface area contributed by atoms with Gasteiger partial charge in [0.15, 0.2) is 5.69 Å². The summed E-state index contributed by atoms with van der Waals surface area (Å²) in [4.78, 5) is 29.0. The molecule has 0 aliphatic heterocycles. The molecular weight excluding hydrogens is 252 g/mol. The molecule has 0 radical (unpaired) electrons. The zero-order valence-corrected chi connectivity index (χ0v) is 11.9. The molecular formula is C12H18N2O3S. The number of amides is 1. The Kier molecular flexibility index (Phi) is 5.27. The first kappa shape index (κ1) is 14.6. The second kappa shape index (κ2) is 6.49. The van der Waals surface area contributed by atoms with Crippen LogP contribution >= 0.6 is 11.3 Å². The standard InChI is InChI=1S/C12H18N2O3S/c1-5-11(15)14(8(2)3)6-10-13-9(7-18-10)12(16)17-4/h7-8H,5-6H2,1-4H3. The fourth-order valence-corrected chi connectivity index (χ4v) is 2.25. The molecule has 1 rings (SSSR count). The first-order valence-electron chi connectivity index (χ1n) is 5.81. The van der Waals surface area contributed by atoms with Crippen molar-refractivity contribution in [2.24, 2.45) is 0 Å². The summed E-state index contributed by atoms with van der Waals surface area (Å²) >= 11 is 1.36. The van der Waals surface area contributed by atoms with Crippen LogP contribution in [-0.4, -0.2) is 34.9 Å². The fourth-order valence-electron chi connectivity index (χ4n) is 1.49. The number of carbonyl (C=O) groups is 2. The first-order chi connectivity index (χ1) is 8.49. The summed E-state index contributed by atoms with van der Waals surface area (Å²) in [5.74, 6) is -0.366. The van der Waals surface area contributed by atoms with E-state index in [2.05, 4.69) is 9.72 Å². The van der Waals surface area contributed by atoms with E-state index in [-0.39, 0.29) is 11.9 Å². The van der Waals surface area contributed by atoms with Crippen LogP contribution in [0.3, 0.4) is 0 Å². The Morgan fingerprint density at radius 3 is 2.67 bits per heavy atom. The molecule has 0 unspecified atom stereocenters. The summed E-state index contributed by atoms with van der Waals surface area (Å²) in [5.41, 5.74) is 0.296. The van der Waals surface area contributed by atoms with Crippen molar-refractivity contribution in [2.75, 3.05) is 7.11 Å². The van der Waals surface area contributed by atoms with Gasteiger partial charge in [0, 0.05) is 17.8 Å². The molecule has 0 aliphatic carbocycles. The second-order valence-electron chi connectivity index (χ2n) is 4.09. The number of carbonyl (C=O) groups excluding carboxylic acids is 2.